The fraction of sp³-hybridized carbons (Fsp3) is 0.769. The van der Waals surface area contributed by atoms with Crippen molar-refractivity contribution in [2.75, 3.05) is 12.3 Å². The third-order valence-electron chi connectivity index (χ3n) is 3.18. The molecule has 0 unspecified atom stereocenters. The van der Waals surface area contributed by atoms with Crippen molar-refractivity contribution in [2.45, 2.75) is 56.7 Å². The van der Waals surface area contributed by atoms with Crippen molar-refractivity contribution in [2.24, 2.45) is 0 Å². The van der Waals surface area contributed by atoms with Crippen LogP contribution in [-0.2, 0) is 0 Å². The zero-order valence-electron chi connectivity index (χ0n) is 10.6. The molecule has 1 saturated carbocycles. The number of nitrogens with zero attached hydrogens (tertiary/aromatic N) is 1. The van der Waals surface area contributed by atoms with Crippen molar-refractivity contribution in [1.82, 2.24) is 10.3 Å². The first-order valence-corrected chi connectivity index (χ1v) is 7.61. The Labute approximate surface area is 108 Å². The van der Waals surface area contributed by atoms with E-state index in [1.54, 1.807) is 18.0 Å². The predicted molar refractivity (Wildman–Crippen MR) is 71.5 cm³/mol. The Hall–Kier alpha value is -0.480. The smallest absolute Gasteiger partial charge is 0.255 e. The Bertz CT molecular complexity index is 321. The average molecular weight is 254 g/mol. The van der Waals surface area contributed by atoms with Crippen molar-refractivity contribution >= 4 is 11.8 Å². The van der Waals surface area contributed by atoms with Gasteiger partial charge >= 0.3 is 0 Å². The Kier molecular flexibility index (Phi) is 5.39. The lowest BCUT2D eigenvalue weighted by Crippen LogP contribution is -2.31. The molecule has 1 aliphatic rings. The summed E-state index contributed by atoms with van der Waals surface area (Å²) in [4.78, 5) is 4.27. The topological polar surface area (TPSA) is 38.1 Å². The van der Waals surface area contributed by atoms with Crippen LogP contribution in [0, 0.1) is 6.92 Å². The van der Waals surface area contributed by atoms with Crippen LogP contribution < -0.4 is 5.32 Å². The average Bonchev–Trinajstić information content (AvgIpc) is 2.76. The molecule has 0 saturated heterocycles. The number of oxazole rings is 1. The molecule has 0 aliphatic heterocycles. The zero-order chi connectivity index (χ0) is 11.9. The molecule has 1 N–H and O–H groups in total. The highest BCUT2D eigenvalue weighted by atomic mass is 32.2. The van der Waals surface area contributed by atoms with E-state index in [9.17, 15) is 0 Å². The minimum Gasteiger partial charge on any atom is -0.440 e. The monoisotopic (exact) mass is 254 g/mol. The number of hydrogen-bond acceptors (Lipinski definition) is 4. The maximum Gasteiger partial charge on any atom is 0.255 e. The van der Waals surface area contributed by atoms with E-state index in [2.05, 4.69) is 10.3 Å². The molecular weight excluding hydrogens is 232 g/mol. The molecule has 2 rings (SSSR count). The van der Waals surface area contributed by atoms with E-state index in [0.717, 1.165) is 29.3 Å². The standard InChI is InChI=1S/C13H22N2OS/c1-11-10-16-13(15-11)17-9-5-8-14-12-6-3-2-4-7-12/h10,12,14H,2-9H2,1H3. The van der Waals surface area contributed by atoms with Gasteiger partial charge in [0.15, 0.2) is 0 Å². The van der Waals surface area contributed by atoms with Crippen LogP contribution in [0.25, 0.3) is 0 Å². The normalized spacial score (nSPS) is 17.5. The van der Waals surface area contributed by atoms with E-state index in [1.165, 1.54) is 38.5 Å². The summed E-state index contributed by atoms with van der Waals surface area (Å²) >= 11 is 1.71. The maximum atomic E-state index is 5.29. The van der Waals surface area contributed by atoms with Gasteiger partial charge in [0, 0.05) is 11.8 Å². The molecule has 0 radical (unpaired) electrons. The second kappa shape index (κ2) is 7.07. The second-order valence-corrected chi connectivity index (χ2v) is 5.79. The van der Waals surface area contributed by atoms with Crippen LogP contribution in [-0.4, -0.2) is 23.3 Å². The van der Waals surface area contributed by atoms with Crippen molar-refractivity contribution < 1.29 is 4.42 Å². The molecule has 1 aliphatic carbocycles. The molecule has 1 heterocycles. The molecule has 0 amide bonds. The van der Waals surface area contributed by atoms with Gasteiger partial charge in [0.2, 0.25) is 0 Å². The van der Waals surface area contributed by atoms with Gasteiger partial charge in [0.25, 0.3) is 5.22 Å². The molecule has 1 aromatic rings. The first kappa shape index (κ1) is 13.0. The van der Waals surface area contributed by atoms with Gasteiger partial charge < -0.3 is 9.73 Å². The molecule has 0 atom stereocenters. The minimum absolute atomic E-state index is 0.776. The SMILES string of the molecule is Cc1coc(SCCCNC2CCCCC2)n1. The van der Waals surface area contributed by atoms with E-state index in [1.807, 2.05) is 6.92 Å². The van der Waals surface area contributed by atoms with Gasteiger partial charge in [-0.05, 0) is 32.7 Å². The molecule has 4 heteroatoms. The molecule has 3 nitrogen and oxygen atoms in total. The van der Waals surface area contributed by atoms with Crippen LogP contribution >= 0.6 is 11.8 Å². The van der Waals surface area contributed by atoms with E-state index in [4.69, 9.17) is 4.42 Å². The summed E-state index contributed by atoms with van der Waals surface area (Å²) in [5.41, 5.74) is 0.966. The molecular formula is C13H22N2OS. The van der Waals surface area contributed by atoms with Gasteiger partial charge in [-0.1, -0.05) is 31.0 Å². The molecule has 0 aromatic carbocycles. The van der Waals surface area contributed by atoms with Crippen LogP contribution in [0.5, 0.6) is 0 Å². The fourth-order valence-electron chi connectivity index (χ4n) is 2.24. The van der Waals surface area contributed by atoms with Gasteiger partial charge in [0.05, 0.1) is 5.69 Å². The van der Waals surface area contributed by atoms with Gasteiger partial charge in [-0.15, -0.1) is 0 Å². The van der Waals surface area contributed by atoms with Crippen LogP contribution in [0.2, 0.25) is 0 Å². The summed E-state index contributed by atoms with van der Waals surface area (Å²) < 4.78 is 5.29. The van der Waals surface area contributed by atoms with Crippen molar-refractivity contribution in [1.29, 1.82) is 0 Å². The van der Waals surface area contributed by atoms with Gasteiger partial charge in [-0.3, -0.25) is 0 Å². The first-order valence-electron chi connectivity index (χ1n) is 6.63. The lowest BCUT2D eigenvalue weighted by Gasteiger charge is -2.22. The molecule has 96 valence electrons. The Morgan fingerprint density at radius 1 is 1.41 bits per heavy atom. The minimum atomic E-state index is 0.776. The van der Waals surface area contributed by atoms with Gasteiger partial charge in [0.1, 0.15) is 6.26 Å². The Morgan fingerprint density at radius 2 is 2.24 bits per heavy atom. The predicted octanol–water partition coefficient (Wildman–Crippen LogP) is 3.39. The van der Waals surface area contributed by atoms with E-state index in [0.29, 0.717) is 0 Å². The summed E-state index contributed by atoms with van der Waals surface area (Å²) in [6.07, 6.45) is 9.87. The van der Waals surface area contributed by atoms with E-state index >= 15 is 0 Å². The van der Waals surface area contributed by atoms with Gasteiger partial charge in [-0.25, -0.2) is 4.98 Å². The fourth-order valence-corrected chi connectivity index (χ4v) is 3.03. The highest BCUT2D eigenvalue weighted by molar-refractivity contribution is 7.99. The molecule has 1 fully saturated rings. The Morgan fingerprint density at radius 3 is 2.94 bits per heavy atom. The largest absolute Gasteiger partial charge is 0.440 e. The van der Waals surface area contributed by atoms with Crippen LogP contribution in [0.4, 0.5) is 0 Å². The summed E-state index contributed by atoms with van der Waals surface area (Å²) in [5, 5.41) is 4.45. The first-order chi connectivity index (χ1) is 8.34. The second-order valence-electron chi connectivity index (χ2n) is 4.75. The van der Waals surface area contributed by atoms with Crippen molar-refractivity contribution in [3.63, 3.8) is 0 Å². The van der Waals surface area contributed by atoms with E-state index in [-0.39, 0.29) is 0 Å². The van der Waals surface area contributed by atoms with Crippen molar-refractivity contribution in [3.05, 3.63) is 12.0 Å². The van der Waals surface area contributed by atoms with Crippen molar-refractivity contribution in [3.8, 4) is 0 Å². The third kappa shape index (κ3) is 4.72. The number of aromatic nitrogens is 1. The van der Waals surface area contributed by atoms with Gasteiger partial charge in [-0.2, -0.15) is 0 Å². The maximum absolute atomic E-state index is 5.29. The highest BCUT2D eigenvalue weighted by Gasteiger charge is 2.11. The van der Waals surface area contributed by atoms with Crippen LogP contribution in [0.3, 0.4) is 0 Å². The summed E-state index contributed by atoms with van der Waals surface area (Å²) in [6.45, 7) is 3.08. The molecule has 17 heavy (non-hydrogen) atoms. The van der Waals surface area contributed by atoms with Crippen LogP contribution in [0.1, 0.15) is 44.2 Å². The summed E-state index contributed by atoms with van der Waals surface area (Å²) in [7, 11) is 0. The number of hydrogen-bond donors (Lipinski definition) is 1. The molecule has 1 aromatic heterocycles. The Balaban J connectivity index is 1.51. The number of nitrogens with one attached hydrogen (secondary N) is 1. The summed E-state index contributed by atoms with van der Waals surface area (Å²) in [6, 6.07) is 0.776. The quantitative estimate of drug-likeness (QED) is 0.624. The molecule has 0 spiro atoms. The number of rotatable bonds is 6. The highest BCUT2D eigenvalue weighted by Crippen LogP contribution is 2.19. The third-order valence-corrected chi connectivity index (χ3v) is 4.11. The zero-order valence-corrected chi connectivity index (χ0v) is 11.4. The summed E-state index contributed by atoms with van der Waals surface area (Å²) in [5.74, 6) is 1.08. The number of aryl methyl sites for hydroxylation is 1. The molecule has 0 bridgehead atoms. The number of thioether (sulfide) groups is 1. The lowest BCUT2D eigenvalue weighted by molar-refractivity contribution is 0.374. The van der Waals surface area contributed by atoms with Crippen LogP contribution in [0.15, 0.2) is 15.9 Å². The lowest BCUT2D eigenvalue weighted by atomic mass is 9.95. The van der Waals surface area contributed by atoms with E-state index < -0.39 is 0 Å².